The standard InChI is InChI=1S/C29H29ClN6O3/c1-2-39-29(38)10-7-24-23(27(37)8-6-25-26-13-21(30)11-12-34(26)18-31-25)17-36(33-24)16-22-15-35-14-20(19-3-4-19)5-9-28(35)32-22/h5,9,11-15,17-19H,2-4,6-8,10,16H2,1H3. The second kappa shape index (κ2) is 10.6. The molecule has 1 aliphatic rings. The van der Waals surface area contributed by atoms with Crippen LogP contribution in [0.1, 0.15) is 71.5 Å². The lowest BCUT2D eigenvalue weighted by Crippen LogP contribution is -2.09. The van der Waals surface area contributed by atoms with E-state index in [1.54, 1.807) is 30.2 Å². The van der Waals surface area contributed by atoms with Crippen molar-refractivity contribution in [3.8, 4) is 0 Å². The van der Waals surface area contributed by atoms with Gasteiger partial charge >= 0.3 is 5.97 Å². The van der Waals surface area contributed by atoms with Crippen LogP contribution in [0.2, 0.25) is 5.02 Å². The van der Waals surface area contributed by atoms with Gasteiger partial charge in [-0.25, -0.2) is 9.97 Å². The van der Waals surface area contributed by atoms with E-state index in [4.69, 9.17) is 26.4 Å². The smallest absolute Gasteiger partial charge is 0.306 e. The molecule has 5 aromatic rings. The lowest BCUT2D eigenvalue weighted by Gasteiger charge is -2.03. The first kappa shape index (κ1) is 25.3. The first-order chi connectivity index (χ1) is 19.0. The zero-order valence-electron chi connectivity index (χ0n) is 21.7. The summed E-state index contributed by atoms with van der Waals surface area (Å²) in [7, 11) is 0. The Labute approximate surface area is 230 Å². The van der Waals surface area contributed by atoms with Crippen LogP contribution in [-0.4, -0.2) is 46.9 Å². The van der Waals surface area contributed by atoms with Crippen molar-refractivity contribution in [2.75, 3.05) is 6.61 Å². The number of halogens is 1. The van der Waals surface area contributed by atoms with Crippen molar-refractivity contribution in [3.63, 3.8) is 0 Å². The first-order valence-corrected chi connectivity index (χ1v) is 13.7. The van der Waals surface area contributed by atoms with Crippen LogP contribution in [0.3, 0.4) is 0 Å². The summed E-state index contributed by atoms with van der Waals surface area (Å²) in [6.45, 7) is 2.51. The minimum Gasteiger partial charge on any atom is -0.466 e. The molecule has 0 unspecified atom stereocenters. The van der Waals surface area contributed by atoms with Crippen molar-refractivity contribution >= 4 is 34.5 Å². The maximum absolute atomic E-state index is 13.4. The number of ketones is 1. The van der Waals surface area contributed by atoms with E-state index in [0.717, 1.165) is 22.6 Å². The van der Waals surface area contributed by atoms with Crippen LogP contribution in [0, 0.1) is 0 Å². The summed E-state index contributed by atoms with van der Waals surface area (Å²) >= 11 is 6.17. The van der Waals surface area contributed by atoms with Gasteiger partial charge in [-0.05, 0) is 55.9 Å². The number of imidazole rings is 2. The fourth-order valence-corrected chi connectivity index (χ4v) is 5.11. The molecule has 0 spiro atoms. The van der Waals surface area contributed by atoms with Crippen LogP contribution in [0.5, 0.6) is 0 Å². The average Bonchev–Trinajstić information content (AvgIpc) is 3.40. The molecule has 0 aromatic carbocycles. The minimum atomic E-state index is -0.307. The molecule has 5 aromatic heterocycles. The quantitative estimate of drug-likeness (QED) is 0.170. The number of carbonyl (C=O) groups is 2. The summed E-state index contributed by atoms with van der Waals surface area (Å²) < 4.78 is 10.8. The summed E-state index contributed by atoms with van der Waals surface area (Å²) in [5, 5.41) is 5.31. The second-order valence-electron chi connectivity index (χ2n) is 9.98. The Kier molecular flexibility index (Phi) is 6.91. The second-order valence-corrected chi connectivity index (χ2v) is 10.4. The van der Waals surface area contributed by atoms with Crippen molar-refractivity contribution in [1.29, 1.82) is 0 Å². The van der Waals surface area contributed by atoms with Gasteiger partial charge in [0.05, 0.1) is 54.1 Å². The largest absolute Gasteiger partial charge is 0.466 e. The number of carbonyl (C=O) groups excluding carboxylic acids is 2. The molecule has 0 radical (unpaired) electrons. The fraction of sp³-hybridized carbons (Fsp3) is 0.345. The number of pyridine rings is 2. The van der Waals surface area contributed by atoms with Crippen LogP contribution in [0.25, 0.3) is 11.2 Å². The molecule has 0 saturated heterocycles. The van der Waals surface area contributed by atoms with Gasteiger partial charge in [-0.15, -0.1) is 0 Å². The van der Waals surface area contributed by atoms with E-state index >= 15 is 0 Å². The number of hydrogen-bond acceptors (Lipinski definition) is 6. The molecule has 0 bridgehead atoms. The molecule has 1 aliphatic carbocycles. The molecule has 0 amide bonds. The molecule has 10 heteroatoms. The molecule has 0 atom stereocenters. The van der Waals surface area contributed by atoms with Gasteiger partial charge in [0.2, 0.25) is 0 Å². The minimum absolute atomic E-state index is 0.0487. The molecule has 200 valence electrons. The lowest BCUT2D eigenvalue weighted by molar-refractivity contribution is -0.143. The number of nitrogens with zero attached hydrogens (tertiary/aromatic N) is 6. The normalized spacial score (nSPS) is 13.4. The predicted octanol–water partition coefficient (Wildman–Crippen LogP) is 5.07. The van der Waals surface area contributed by atoms with Gasteiger partial charge in [0.25, 0.3) is 0 Å². The third-order valence-electron chi connectivity index (χ3n) is 7.08. The zero-order valence-corrected chi connectivity index (χ0v) is 22.5. The van der Waals surface area contributed by atoms with E-state index in [1.165, 1.54) is 18.4 Å². The lowest BCUT2D eigenvalue weighted by atomic mass is 10.0. The summed E-state index contributed by atoms with van der Waals surface area (Å²) in [6.07, 6.45) is 13.2. The van der Waals surface area contributed by atoms with Gasteiger partial charge < -0.3 is 13.5 Å². The molecular formula is C29H29ClN6O3. The zero-order chi connectivity index (χ0) is 26.9. The van der Waals surface area contributed by atoms with Gasteiger partial charge in [0.1, 0.15) is 5.65 Å². The van der Waals surface area contributed by atoms with E-state index < -0.39 is 0 Å². The van der Waals surface area contributed by atoms with Gasteiger partial charge in [0.15, 0.2) is 5.78 Å². The molecule has 0 aliphatic heterocycles. The Morgan fingerprint density at radius 2 is 1.90 bits per heavy atom. The molecular weight excluding hydrogens is 516 g/mol. The number of Topliss-reactive ketones (excluding diaryl/α,β-unsaturated/α-hetero) is 1. The molecule has 9 nitrogen and oxygen atoms in total. The maximum Gasteiger partial charge on any atom is 0.306 e. The average molecular weight is 545 g/mol. The van der Waals surface area contributed by atoms with E-state index in [-0.39, 0.29) is 24.6 Å². The molecule has 6 rings (SSSR count). The first-order valence-electron chi connectivity index (χ1n) is 13.3. The van der Waals surface area contributed by atoms with Crippen molar-refractivity contribution < 1.29 is 14.3 Å². The van der Waals surface area contributed by atoms with Gasteiger partial charge in [0, 0.05) is 42.7 Å². The maximum atomic E-state index is 13.4. The van der Waals surface area contributed by atoms with Gasteiger partial charge in [-0.2, -0.15) is 5.10 Å². The Balaban J connectivity index is 1.21. The molecule has 1 saturated carbocycles. The van der Waals surface area contributed by atoms with E-state index in [2.05, 4.69) is 21.6 Å². The number of fused-ring (bicyclic) bond motifs is 2. The van der Waals surface area contributed by atoms with Crippen LogP contribution >= 0.6 is 11.6 Å². The van der Waals surface area contributed by atoms with Crippen LogP contribution in [0.4, 0.5) is 0 Å². The summed E-state index contributed by atoms with van der Waals surface area (Å²) in [4.78, 5) is 34.6. The highest BCUT2D eigenvalue weighted by atomic mass is 35.5. The summed E-state index contributed by atoms with van der Waals surface area (Å²) in [5.74, 6) is 0.310. The Morgan fingerprint density at radius 3 is 2.72 bits per heavy atom. The Morgan fingerprint density at radius 1 is 1.05 bits per heavy atom. The van der Waals surface area contributed by atoms with Crippen LogP contribution in [0.15, 0.2) is 55.4 Å². The fourth-order valence-electron chi connectivity index (χ4n) is 4.95. The molecule has 1 fully saturated rings. The molecule has 39 heavy (non-hydrogen) atoms. The number of esters is 1. The SMILES string of the molecule is CCOC(=O)CCc1nn(Cc2cn3cc(C4CC4)ccc3n2)cc1C(=O)CCc1ncn2ccc(Cl)cc12. The highest BCUT2D eigenvalue weighted by Gasteiger charge is 2.24. The number of ether oxygens (including phenoxy) is 1. The number of aromatic nitrogens is 6. The summed E-state index contributed by atoms with van der Waals surface area (Å²) in [5.41, 5.74) is 5.86. The third kappa shape index (κ3) is 5.59. The Bertz CT molecular complexity index is 1680. The molecule has 0 N–H and O–H groups in total. The van der Waals surface area contributed by atoms with Crippen molar-refractivity contribution in [3.05, 3.63) is 88.6 Å². The van der Waals surface area contributed by atoms with Crippen molar-refractivity contribution in [2.24, 2.45) is 0 Å². The topological polar surface area (TPSA) is 95.8 Å². The molecule has 5 heterocycles. The van der Waals surface area contributed by atoms with Crippen molar-refractivity contribution in [1.82, 2.24) is 28.5 Å². The van der Waals surface area contributed by atoms with Crippen LogP contribution in [-0.2, 0) is 28.9 Å². The third-order valence-corrected chi connectivity index (χ3v) is 7.31. The van der Waals surface area contributed by atoms with E-state index in [0.29, 0.717) is 48.2 Å². The monoisotopic (exact) mass is 544 g/mol. The number of hydrogen-bond donors (Lipinski definition) is 0. The van der Waals surface area contributed by atoms with Gasteiger partial charge in [-0.3, -0.25) is 14.3 Å². The summed E-state index contributed by atoms with van der Waals surface area (Å²) in [6, 6.07) is 7.84. The van der Waals surface area contributed by atoms with Gasteiger partial charge in [-0.1, -0.05) is 17.7 Å². The number of rotatable bonds is 11. The Hall–Kier alpha value is -3.98. The van der Waals surface area contributed by atoms with E-state index in [1.807, 2.05) is 28.9 Å². The van der Waals surface area contributed by atoms with Crippen molar-refractivity contribution in [2.45, 2.75) is 57.9 Å². The van der Waals surface area contributed by atoms with E-state index in [9.17, 15) is 9.59 Å². The highest BCUT2D eigenvalue weighted by molar-refractivity contribution is 6.30. The highest BCUT2D eigenvalue weighted by Crippen LogP contribution is 2.39. The predicted molar refractivity (Wildman–Crippen MR) is 146 cm³/mol. The van der Waals surface area contributed by atoms with Crippen LogP contribution < -0.4 is 0 Å². The number of aryl methyl sites for hydroxylation is 2.